The van der Waals surface area contributed by atoms with Crippen molar-refractivity contribution in [1.29, 1.82) is 0 Å². The van der Waals surface area contributed by atoms with E-state index in [9.17, 15) is 4.79 Å². The Hall–Kier alpha value is -1.98. The molecule has 136 valence electrons. The first kappa shape index (κ1) is 17.4. The molecule has 0 aromatic heterocycles. The summed E-state index contributed by atoms with van der Waals surface area (Å²) in [5.41, 5.74) is 2.48. The minimum absolute atomic E-state index is 0.284. The molecule has 0 radical (unpaired) electrons. The Kier molecular flexibility index (Phi) is 4.92. The zero-order valence-electron chi connectivity index (χ0n) is 15.3. The molecule has 0 saturated carbocycles. The summed E-state index contributed by atoms with van der Waals surface area (Å²) in [6.07, 6.45) is 2.54. The summed E-state index contributed by atoms with van der Waals surface area (Å²) in [6, 6.07) is 14.5. The number of carbonyl (C=O) groups is 1. The van der Waals surface area contributed by atoms with Gasteiger partial charge >= 0.3 is 5.97 Å². The molecule has 1 fully saturated rings. The summed E-state index contributed by atoms with van der Waals surface area (Å²) in [6.45, 7) is 4.80. The molecular weight excluding hydrogens is 344 g/mol. The predicted molar refractivity (Wildman–Crippen MR) is 106 cm³/mol. The quantitative estimate of drug-likeness (QED) is 0.586. The van der Waals surface area contributed by atoms with E-state index in [1.54, 1.807) is 11.8 Å². The van der Waals surface area contributed by atoms with Gasteiger partial charge in [-0.15, -0.1) is 0 Å². The zero-order chi connectivity index (χ0) is 18.1. The minimum Gasteiger partial charge on any atom is -0.427 e. The van der Waals surface area contributed by atoms with E-state index >= 15 is 0 Å². The van der Waals surface area contributed by atoms with Crippen molar-refractivity contribution in [3.05, 3.63) is 42.5 Å². The Morgan fingerprint density at radius 3 is 2.81 bits per heavy atom. The maximum atomic E-state index is 11.3. The van der Waals surface area contributed by atoms with Crippen LogP contribution in [0.1, 0.15) is 19.8 Å². The van der Waals surface area contributed by atoms with Gasteiger partial charge in [-0.25, -0.2) is 0 Å². The number of piperidine rings is 1. The normalized spacial score (nSPS) is 19.6. The lowest BCUT2D eigenvalue weighted by Crippen LogP contribution is -2.38. The monoisotopic (exact) mass is 368 g/mol. The van der Waals surface area contributed by atoms with E-state index < -0.39 is 0 Å². The number of ether oxygens (including phenoxy) is 1. The highest BCUT2D eigenvalue weighted by Crippen LogP contribution is 2.49. The molecule has 1 atom stereocenters. The molecule has 2 aromatic carbocycles. The van der Waals surface area contributed by atoms with Crippen LogP contribution in [0.4, 0.5) is 11.4 Å². The number of rotatable bonds is 3. The number of anilines is 2. The SMILES string of the molecule is CC(=O)Oc1ccc2c(c1)Sc1ccccc1N2CC1CCCN(C)C1. The number of carbonyl (C=O) groups excluding carboxylic acids is 1. The van der Waals surface area contributed by atoms with E-state index in [0.29, 0.717) is 11.7 Å². The second-order valence-corrected chi connectivity index (χ2v) is 8.26. The van der Waals surface area contributed by atoms with Crippen LogP contribution in [0.25, 0.3) is 0 Å². The molecule has 4 nitrogen and oxygen atoms in total. The minimum atomic E-state index is -0.284. The van der Waals surface area contributed by atoms with Gasteiger partial charge in [0, 0.05) is 29.8 Å². The van der Waals surface area contributed by atoms with E-state index in [0.717, 1.165) is 18.0 Å². The number of benzene rings is 2. The van der Waals surface area contributed by atoms with Crippen molar-refractivity contribution in [2.45, 2.75) is 29.6 Å². The third kappa shape index (κ3) is 3.60. The van der Waals surface area contributed by atoms with Crippen LogP contribution in [0.15, 0.2) is 52.3 Å². The standard InChI is InChI=1S/C21H24N2O2S/c1-15(24)25-17-9-10-19-21(12-17)26-20-8-4-3-7-18(20)23(19)14-16-6-5-11-22(2)13-16/h3-4,7-10,12,16H,5-6,11,13-14H2,1-2H3. The fourth-order valence-electron chi connectivity index (χ4n) is 3.92. The number of para-hydroxylation sites is 1. The van der Waals surface area contributed by atoms with Crippen molar-refractivity contribution in [2.75, 3.05) is 31.6 Å². The van der Waals surface area contributed by atoms with Gasteiger partial charge in [-0.05, 0) is 62.7 Å². The molecule has 0 N–H and O–H groups in total. The van der Waals surface area contributed by atoms with Gasteiger partial charge < -0.3 is 14.5 Å². The second-order valence-electron chi connectivity index (χ2n) is 7.17. The van der Waals surface area contributed by atoms with E-state index in [-0.39, 0.29) is 5.97 Å². The Balaban J connectivity index is 1.67. The molecule has 0 spiro atoms. The summed E-state index contributed by atoms with van der Waals surface area (Å²) in [7, 11) is 2.21. The van der Waals surface area contributed by atoms with Gasteiger partial charge in [0.25, 0.3) is 0 Å². The molecule has 4 rings (SSSR count). The number of likely N-dealkylation sites (tertiary alicyclic amines) is 1. The number of fused-ring (bicyclic) bond motifs is 2. The highest BCUT2D eigenvalue weighted by molar-refractivity contribution is 7.99. The van der Waals surface area contributed by atoms with Crippen LogP contribution in [-0.2, 0) is 4.79 Å². The number of esters is 1. The lowest BCUT2D eigenvalue weighted by Gasteiger charge is -2.38. The second kappa shape index (κ2) is 7.33. The summed E-state index contributed by atoms with van der Waals surface area (Å²) in [5, 5.41) is 0. The topological polar surface area (TPSA) is 32.8 Å². The van der Waals surface area contributed by atoms with Crippen molar-refractivity contribution < 1.29 is 9.53 Å². The summed E-state index contributed by atoms with van der Waals surface area (Å²) >= 11 is 1.75. The van der Waals surface area contributed by atoms with Gasteiger partial charge in [0.1, 0.15) is 5.75 Å². The van der Waals surface area contributed by atoms with Crippen LogP contribution in [0, 0.1) is 5.92 Å². The van der Waals surface area contributed by atoms with Crippen molar-refractivity contribution in [2.24, 2.45) is 5.92 Å². The van der Waals surface area contributed by atoms with Gasteiger partial charge in [-0.1, -0.05) is 23.9 Å². The average Bonchev–Trinajstić information content (AvgIpc) is 2.61. The smallest absolute Gasteiger partial charge is 0.308 e. The highest BCUT2D eigenvalue weighted by atomic mass is 32.2. The Labute approximate surface area is 159 Å². The zero-order valence-corrected chi connectivity index (χ0v) is 16.1. The van der Waals surface area contributed by atoms with Crippen LogP contribution in [0.5, 0.6) is 5.75 Å². The largest absolute Gasteiger partial charge is 0.427 e. The first-order valence-electron chi connectivity index (χ1n) is 9.15. The summed E-state index contributed by atoms with van der Waals surface area (Å²) in [5.74, 6) is 0.986. The maximum absolute atomic E-state index is 11.3. The number of hydrogen-bond donors (Lipinski definition) is 0. The fraction of sp³-hybridized carbons (Fsp3) is 0.381. The molecule has 0 amide bonds. The number of nitrogens with zero attached hydrogens (tertiary/aromatic N) is 2. The lowest BCUT2D eigenvalue weighted by molar-refractivity contribution is -0.131. The molecule has 2 aromatic rings. The highest BCUT2D eigenvalue weighted by Gasteiger charge is 2.27. The molecule has 0 bridgehead atoms. The first-order chi connectivity index (χ1) is 12.6. The van der Waals surface area contributed by atoms with Gasteiger partial charge in [-0.2, -0.15) is 0 Å². The van der Waals surface area contributed by atoms with Crippen molar-refractivity contribution in [3.63, 3.8) is 0 Å². The van der Waals surface area contributed by atoms with Crippen LogP contribution in [0.3, 0.4) is 0 Å². The Bertz CT molecular complexity index is 823. The number of hydrogen-bond acceptors (Lipinski definition) is 5. The van der Waals surface area contributed by atoms with Crippen molar-refractivity contribution in [3.8, 4) is 5.75 Å². The molecule has 2 aliphatic heterocycles. The molecule has 0 aliphatic carbocycles. The van der Waals surface area contributed by atoms with E-state index in [4.69, 9.17) is 4.74 Å². The molecule has 1 unspecified atom stereocenters. The fourth-order valence-corrected chi connectivity index (χ4v) is 5.04. The summed E-state index contributed by atoms with van der Waals surface area (Å²) < 4.78 is 5.29. The van der Waals surface area contributed by atoms with E-state index in [1.807, 2.05) is 12.1 Å². The third-order valence-corrected chi connectivity index (χ3v) is 6.13. The molecule has 2 aliphatic rings. The van der Waals surface area contributed by atoms with E-state index in [1.165, 1.54) is 42.6 Å². The molecule has 26 heavy (non-hydrogen) atoms. The maximum Gasteiger partial charge on any atom is 0.308 e. The third-order valence-electron chi connectivity index (χ3n) is 5.02. The van der Waals surface area contributed by atoms with Gasteiger partial charge in [0.2, 0.25) is 0 Å². The lowest BCUT2D eigenvalue weighted by atomic mass is 9.97. The van der Waals surface area contributed by atoms with Gasteiger partial charge in [0.15, 0.2) is 0 Å². The van der Waals surface area contributed by atoms with Gasteiger partial charge in [-0.3, -0.25) is 4.79 Å². The summed E-state index contributed by atoms with van der Waals surface area (Å²) in [4.78, 5) is 18.6. The average molecular weight is 369 g/mol. The molecule has 1 saturated heterocycles. The van der Waals surface area contributed by atoms with Gasteiger partial charge in [0.05, 0.1) is 11.4 Å². The Morgan fingerprint density at radius 2 is 2.00 bits per heavy atom. The molecule has 2 heterocycles. The molecular formula is C21H24N2O2S. The molecule has 5 heteroatoms. The van der Waals surface area contributed by atoms with Crippen LogP contribution < -0.4 is 9.64 Å². The predicted octanol–water partition coefficient (Wildman–Crippen LogP) is 4.56. The van der Waals surface area contributed by atoms with Crippen LogP contribution in [0.2, 0.25) is 0 Å². The van der Waals surface area contributed by atoms with Crippen molar-refractivity contribution in [1.82, 2.24) is 4.90 Å². The van der Waals surface area contributed by atoms with Crippen LogP contribution >= 0.6 is 11.8 Å². The Morgan fingerprint density at radius 1 is 1.19 bits per heavy atom. The van der Waals surface area contributed by atoms with Crippen molar-refractivity contribution >= 4 is 29.1 Å². The van der Waals surface area contributed by atoms with E-state index in [2.05, 4.69) is 47.2 Å². The first-order valence-corrected chi connectivity index (χ1v) is 9.97. The van der Waals surface area contributed by atoms with Crippen LogP contribution in [-0.4, -0.2) is 37.6 Å².